The number of carbonyl (C=O) groups excluding carboxylic acids is 2. The molecule has 1 rings (SSSR count). The molecule has 4 nitrogen and oxygen atoms in total. The van der Waals surface area contributed by atoms with E-state index in [9.17, 15) is 9.59 Å². The van der Waals surface area contributed by atoms with Crippen molar-refractivity contribution in [2.45, 2.75) is 39.7 Å². The van der Waals surface area contributed by atoms with Gasteiger partial charge in [0.15, 0.2) is 0 Å². The van der Waals surface area contributed by atoms with E-state index in [2.05, 4.69) is 5.32 Å². The Hall–Kier alpha value is -1.55. The summed E-state index contributed by atoms with van der Waals surface area (Å²) < 4.78 is 0. The molecule has 2 amide bonds. The third kappa shape index (κ3) is 5.21. The number of anilines is 1. The molecule has 0 saturated heterocycles. The predicted octanol–water partition coefficient (Wildman–Crippen LogP) is 3.32. The van der Waals surface area contributed by atoms with Crippen molar-refractivity contribution in [1.29, 1.82) is 0 Å². The van der Waals surface area contributed by atoms with Crippen LogP contribution in [0.5, 0.6) is 0 Å². The maximum absolute atomic E-state index is 11.9. The van der Waals surface area contributed by atoms with Gasteiger partial charge < -0.3 is 10.2 Å². The first-order chi connectivity index (χ1) is 9.20. The van der Waals surface area contributed by atoms with Crippen LogP contribution in [-0.4, -0.2) is 28.8 Å². The van der Waals surface area contributed by atoms with Gasteiger partial charge in [-0.3, -0.25) is 9.59 Å². The third-order valence-electron chi connectivity index (χ3n) is 2.88. The lowest BCUT2D eigenvalue weighted by atomic mass is 10.1. The van der Waals surface area contributed by atoms with Gasteiger partial charge in [0.1, 0.15) is 0 Å². The number of amides is 2. The van der Waals surface area contributed by atoms with E-state index in [0.29, 0.717) is 17.3 Å². The third-order valence-corrected chi connectivity index (χ3v) is 3.13. The van der Waals surface area contributed by atoms with E-state index >= 15 is 0 Å². The van der Waals surface area contributed by atoms with Gasteiger partial charge in [0.25, 0.3) is 0 Å². The molecule has 0 heterocycles. The summed E-state index contributed by atoms with van der Waals surface area (Å²) in [7, 11) is 0. The SMILES string of the molecule is CC(=O)N(CCC(=O)Nc1ccc(Cl)cc1)C(C)(C)C. The van der Waals surface area contributed by atoms with Gasteiger partial charge in [0.05, 0.1) is 0 Å². The van der Waals surface area contributed by atoms with Crippen LogP contribution in [0.25, 0.3) is 0 Å². The summed E-state index contributed by atoms with van der Waals surface area (Å²) in [5.41, 5.74) is 0.413. The van der Waals surface area contributed by atoms with Gasteiger partial charge >= 0.3 is 0 Å². The number of nitrogens with zero attached hydrogens (tertiary/aromatic N) is 1. The molecule has 0 saturated carbocycles. The van der Waals surface area contributed by atoms with E-state index in [1.165, 1.54) is 6.92 Å². The lowest BCUT2D eigenvalue weighted by molar-refractivity contribution is -0.134. The van der Waals surface area contributed by atoms with E-state index in [0.717, 1.165) is 0 Å². The van der Waals surface area contributed by atoms with Crippen LogP contribution in [0.2, 0.25) is 5.02 Å². The first kappa shape index (κ1) is 16.5. The standard InChI is InChI=1S/C15H21ClN2O2/c1-11(19)18(15(2,3)4)10-9-14(20)17-13-7-5-12(16)6-8-13/h5-8H,9-10H2,1-4H3,(H,17,20). The number of hydrogen-bond donors (Lipinski definition) is 1. The Bertz CT molecular complexity index is 478. The number of nitrogens with one attached hydrogen (secondary N) is 1. The minimum absolute atomic E-state index is 0.0307. The van der Waals surface area contributed by atoms with Gasteiger partial charge in [0, 0.05) is 36.1 Å². The lowest BCUT2D eigenvalue weighted by Crippen LogP contribution is -2.45. The average Bonchev–Trinajstić information content (AvgIpc) is 2.30. The van der Waals surface area contributed by atoms with Gasteiger partial charge in [-0.1, -0.05) is 11.6 Å². The van der Waals surface area contributed by atoms with Crippen LogP contribution in [0.15, 0.2) is 24.3 Å². The number of benzene rings is 1. The predicted molar refractivity (Wildman–Crippen MR) is 81.8 cm³/mol. The van der Waals surface area contributed by atoms with Gasteiger partial charge in [-0.15, -0.1) is 0 Å². The van der Waals surface area contributed by atoms with Crippen molar-refractivity contribution in [3.05, 3.63) is 29.3 Å². The molecule has 0 spiro atoms. The smallest absolute Gasteiger partial charge is 0.226 e. The maximum Gasteiger partial charge on any atom is 0.226 e. The zero-order valence-corrected chi connectivity index (χ0v) is 13.1. The number of carbonyl (C=O) groups is 2. The van der Waals surface area contributed by atoms with Crippen molar-refractivity contribution in [1.82, 2.24) is 4.90 Å². The quantitative estimate of drug-likeness (QED) is 0.926. The topological polar surface area (TPSA) is 49.4 Å². The number of rotatable bonds is 4. The Kier molecular flexibility index (Phi) is 5.57. The molecule has 1 aromatic rings. The molecular formula is C15H21ClN2O2. The molecule has 1 aromatic carbocycles. The molecule has 0 radical (unpaired) electrons. The summed E-state index contributed by atoms with van der Waals surface area (Å²) in [4.78, 5) is 25.1. The zero-order chi connectivity index (χ0) is 15.3. The fourth-order valence-electron chi connectivity index (χ4n) is 1.94. The van der Waals surface area contributed by atoms with Gasteiger partial charge in [0.2, 0.25) is 11.8 Å². The van der Waals surface area contributed by atoms with E-state index in [1.807, 2.05) is 20.8 Å². The Balaban J connectivity index is 2.54. The van der Waals surface area contributed by atoms with Crippen LogP contribution in [0, 0.1) is 0 Å². The van der Waals surface area contributed by atoms with Gasteiger partial charge in [-0.25, -0.2) is 0 Å². The molecule has 20 heavy (non-hydrogen) atoms. The Morgan fingerprint density at radius 2 is 1.75 bits per heavy atom. The van der Waals surface area contributed by atoms with Crippen LogP contribution in [-0.2, 0) is 9.59 Å². The lowest BCUT2D eigenvalue weighted by Gasteiger charge is -2.34. The zero-order valence-electron chi connectivity index (χ0n) is 12.4. The number of hydrogen-bond acceptors (Lipinski definition) is 2. The molecule has 0 aliphatic heterocycles. The molecule has 0 unspecified atom stereocenters. The van der Waals surface area contributed by atoms with Crippen molar-refractivity contribution in [2.75, 3.05) is 11.9 Å². The minimum Gasteiger partial charge on any atom is -0.338 e. The molecule has 0 aromatic heterocycles. The van der Waals surface area contributed by atoms with E-state index in [-0.39, 0.29) is 23.8 Å². The largest absolute Gasteiger partial charge is 0.338 e. The Morgan fingerprint density at radius 3 is 2.20 bits per heavy atom. The summed E-state index contributed by atoms with van der Waals surface area (Å²) in [6.07, 6.45) is 0.263. The molecule has 110 valence electrons. The molecule has 1 N–H and O–H groups in total. The molecule has 0 bridgehead atoms. The van der Waals surface area contributed by atoms with Gasteiger partial charge in [-0.2, -0.15) is 0 Å². The molecular weight excluding hydrogens is 276 g/mol. The van der Waals surface area contributed by atoms with Crippen LogP contribution in [0.4, 0.5) is 5.69 Å². The molecule has 0 aliphatic carbocycles. The normalized spacial score (nSPS) is 11.1. The van der Waals surface area contributed by atoms with Crippen molar-refractivity contribution >= 4 is 29.1 Å². The summed E-state index contributed by atoms with van der Waals surface area (Å²) in [5.74, 6) is -0.153. The van der Waals surface area contributed by atoms with Gasteiger partial charge in [-0.05, 0) is 45.0 Å². The summed E-state index contributed by atoms with van der Waals surface area (Å²) in [5, 5.41) is 3.40. The molecule has 0 atom stereocenters. The monoisotopic (exact) mass is 296 g/mol. The highest BCUT2D eigenvalue weighted by Gasteiger charge is 2.23. The maximum atomic E-state index is 11.9. The highest BCUT2D eigenvalue weighted by atomic mass is 35.5. The first-order valence-corrected chi connectivity index (χ1v) is 6.91. The highest BCUT2D eigenvalue weighted by molar-refractivity contribution is 6.30. The molecule has 0 fully saturated rings. The van der Waals surface area contributed by atoms with E-state index < -0.39 is 0 Å². The average molecular weight is 297 g/mol. The molecule has 5 heteroatoms. The van der Waals surface area contributed by atoms with Crippen LogP contribution < -0.4 is 5.32 Å². The second-order valence-electron chi connectivity index (χ2n) is 5.65. The summed E-state index contributed by atoms with van der Waals surface area (Å²) in [6, 6.07) is 6.92. The van der Waals surface area contributed by atoms with Crippen LogP contribution >= 0.6 is 11.6 Å². The first-order valence-electron chi connectivity index (χ1n) is 6.54. The van der Waals surface area contributed by atoms with Crippen LogP contribution in [0.3, 0.4) is 0 Å². The highest BCUT2D eigenvalue weighted by Crippen LogP contribution is 2.15. The summed E-state index contributed by atoms with van der Waals surface area (Å²) >= 11 is 5.78. The second kappa shape index (κ2) is 6.75. The molecule has 0 aliphatic rings. The fraction of sp³-hybridized carbons (Fsp3) is 0.467. The summed E-state index contributed by atoms with van der Waals surface area (Å²) in [6.45, 7) is 7.77. The van der Waals surface area contributed by atoms with Crippen molar-refractivity contribution in [2.24, 2.45) is 0 Å². The van der Waals surface area contributed by atoms with Crippen molar-refractivity contribution < 1.29 is 9.59 Å². The number of halogens is 1. The fourth-order valence-corrected chi connectivity index (χ4v) is 2.06. The minimum atomic E-state index is -0.285. The van der Waals surface area contributed by atoms with E-state index in [1.54, 1.807) is 29.2 Å². The Labute approximate surface area is 125 Å². The van der Waals surface area contributed by atoms with Crippen LogP contribution in [0.1, 0.15) is 34.1 Å². The van der Waals surface area contributed by atoms with E-state index in [4.69, 9.17) is 11.6 Å². The second-order valence-corrected chi connectivity index (χ2v) is 6.08. The van der Waals surface area contributed by atoms with Crippen molar-refractivity contribution in [3.63, 3.8) is 0 Å². The Morgan fingerprint density at radius 1 is 1.20 bits per heavy atom. The van der Waals surface area contributed by atoms with Crippen molar-refractivity contribution in [3.8, 4) is 0 Å².